The molecule has 0 atom stereocenters. The van der Waals surface area contributed by atoms with Crippen LogP contribution in [0.1, 0.15) is 17.5 Å². The van der Waals surface area contributed by atoms with Crippen LogP contribution in [0.15, 0.2) is 24.3 Å². The monoisotopic (exact) mass is 249 g/mol. The quantitative estimate of drug-likeness (QED) is 0.784. The first-order chi connectivity index (χ1) is 8.09. The van der Waals surface area contributed by atoms with E-state index in [0.29, 0.717) is 11.1 Å². The molecule has 5 nitrogen and oxygen atoms in total. The van der Waals surface area contributed by atoms with E-state index in [2.05, 4.69) is 4.72 Å². The maximum atomic E-state index is 11.6. The average molecular weight is 249 g/mol. The topological polar surface area (TPSA) is 93.8 Å². The second kappa shape index (κ2) is 6.00. The highest BCUT2D eigenvalue weighted by molar-refractivity contribution is 7.88. The van der Waals surface area contributed by atoms with Crippen molar-refractivity contribution in [1.29, 1.82) is 10.5 Å². The first-order valence-corrected chi connectivity index (χ1v) is 6.56. The third kappa shape index (κ3) is 4.23. The van der Waals surface area contributed by atoms with E-state index < -0.39 is 10.0 Å². The van der Waals surface area contributed by atoms with Crippen LogP contribution in [0.3, 0.4) is 0 Å². The molecule has 0 saturated heterocycles. The summed E-state index contributed by atoms with van der Waals surface area (Å²) in [6.45, 7) is 0.0908. The van der Waals surface area contributed by atoms with Crippen LogP contribution in [0.2, 0.25) is 0 Å². The zero-order valence-electron chi connectivity index (χ0n) is 9.05. The van der Waals surface area contributed by atoms with Gasteiger partial charge in [0.25, 0.3) is 0 Å². The zero-order chi connectivity index (χ0) is 12.7. The van der Waals surface area contributed by atoms with Crippen LogP contribution in [0.4, 0.5) is 0 Å². The van der Waals surface area contributed by atoms with Crippen LogP contribution >= 0.6 is 0 Å². The number of nitriles is 2. The van der Waals surface area contributed by atoms with Gasteiger partial charge in [-0.15, -0.1) is 0 Å². The van der Waals surface area contributed by atoms with Crippen molar-refractivity contribution in [2.24, 2.45) is 0 Å². The van der Waals surface area contributed by atoms with Gasteiger partial charge in [0.15, 0.2) is 0 Å². The van der Waals surface area contributed by atoms with Gasteiger partial charge in [0, 0.05) is 13.0 Å². The molecule has 0 saturated carbocycles. The molecule has 0 amide bonds. The molecule has 0 spiro atoms. The third-order valence-corrected chi connectivity index (χ3v) is 3.38. The molecule has 1 N–H and O–H groups in total. The number of sulfonamides is 1. The van der Waals surface area contributed by atoms with Gasteiger partial charge in [-0.25, -0.2) is 13.1 Å². The second-order valence-corrected chi connectivity index (χ2v) is 5.14. The molecule has 88 valence electrons. The van der Waals surface area contributed by atoms with E-state index in [1.807, 2.05) is 12.1 Å². The van der Waals surface area contributed by atoms with E-state index in [1.165, 1.54) is 0 Å². The van der Waals surface area contributed by atoms with Gasteiger partial charge in [-0.3, -0.25) is 0 Å². The summed E-state index contributed by atoms with van der Waals surface area (Å²) in [5.41, 5.74) is 0.803. The van der Waals surface area contributed by atoms with Crippen LogP contribution < -0.4 is 4.72 Å². The Labute approximate surface area is 100 Å². The van der Waals surface area contributed by atoms with Crippen molar-refractivity contribution in [2.75, 3.05) is 6.54 Å². The predicted molar refractivity (Wildman–Crippen MR) is 62.0 cm³/mol. The molecule has 1 rings (SSSR count). The van der Waals surface area contributed by atoms with Gasteiger partial charge in [-0.2, -0.15) is 10.5 Å². The Morgan fingerprint density at radius 3 is 2.59 bits per heavy atom. The molecule has 0 radical (unpaired) electrons. The zero-order valence-corrected chi connectivity index (χ0v) is 9.87. The van der Waals surface area contributed by atoms with Crippen molar-refractivity contribution in [3.05, 3.63) is 35.4 Å². The lowest BCUT2D eigenvalue weighted by molar-refractivity contribution is 0.581. The Morgan fingerprint density at radius 2 is 1.94 bits per heavy atom. The van der Waals surface area contributed by atoms with Crippen LogP contribution in [0.5, 0.6) is 0 Å². The lowest BCUT2D eigenvalue weighted by Crippen LogP contribution is -2.26. The van der Waals surface area contributed by atoms with Crippen molar-refractivity contribution in [2.45, 2.75) is 12.2 Å². The van der Waals surface area contributed by atoms with Gasteiger partial charge in [0.05, 0.1) is 23.5 Å². The largest absolute Gasteiger partial charge is 0.215 e. The highest BCUT2D eigenvalue weighted by Gasteiger charge is 2.13. The Bertz CT molecular complexity index is 567. The number of rotatable bonds is 5. The highest BCUT2D eigenvalue weighted by atomic mass is 32.2. The van der Waals surface area contributed by atoms with E-state index in [4.69, 9.17) is 10.5 Å². The number of nitrogens with one attached hydrogen (secondary N) is 1. The lowest BCUT2D eigenvalue weighted by atomic mass is 10.1. The van der Waals surface area contributed by atoms with Crippen molar-refractivity contribution in [1.82, 2.24) is 4.72 Å². The molecule has 0 fully saturated rings. The molecule has 1 aromatic rings. The number of hydrogen-bond donors (Lipinski definition) is 1. The van der Waals surface area contributed by atoms with Crippen LogP contribution in [0.25, 0.3) is 0 Å². The van der Waals surface area contributed by atoms with Gasteiger partial charge in [0.2, 0.25) is 10.0 Å². The Hall–Kier alpha value is -1.89. The summed E-state index contributed by atoms with van der Waals surface area (Å²) in [4.78, 5) is 0. The molecule has 0 bridgehead atoms. The fraction of sp³-hybridized carbons (Fsp3) is 0.273. The molecule has 0 aliphatic heterocycles. The van der Waals surface area contributed by atoms with E-state index >= 15 is 0 Å². The summed E-state index contributed by atoms with van der Waals surface area (Å²) in [6, 6.07) is 10.3. The van der Waals surface area contributed by atoms with Gasteiger partial charge < -0.3 is 0 Å². The molecule has 6 heteroatoms. The molecule has 0 aliphatic carbocycles. The predicted octanol–water partition coefficient (Wildman–Crippen LogP) is 0.891. The Morgan fingerprint density at radius 1 is 1.24 bits per heavy atom. The van der Waals surface area contributed by atoms with E-state index in [1.54, 1.807) is 24.3 Å². The van der Waals surface area contributed by atoms with E-state index in [9.17, 15) is 8.42 Å². The van der Waals surface area contributed by atoms with E-state index in [0.717, 1.165) is 0 Å². The van der Waals surface area contributed by atoms with Gasteiger partial charge in [-0.05, 0) is 11.6 Å². The summed E-state index contributed by atoms with van der Waals surface area (Å²) in [5.74, 6) is -0.248. The third-order valence-electron chi connectivity index (χ3n) is 2.04. The number of hydrogen-bond acceptors (Lipinski definition) is 4. The highest BCUT2D eigenvalue weighted by Crippen LogP contribution is 2.10. The first-order valence-electron chi connectivity index (χ1n) is 4.91. The fourth-order valence-corrected chi connectivity index (χ4v) is 2.45. The summed E-state index contributed by atoms with van der Waals surface area (Å²) in [7, 11) is -3.49. The van der Waals surface area contributed by atoms with E-state index in [-0.39, 0.29) is 18.7 Å². The minimum Gasteiger partial charge on any atom is -0.214 e. The molecular formula is C11H11N3O2S. The average Bonchev–Trinajstić information content (AvgIpc) is 2.29. The number of benzene rings is 1. The molecule has 0 heterocycles. The standard InChI is InChI=1S/C11H11N3O2S/c12-6-3-7-14-17(15,16)9-11-5-2-1-4-10(11)8-13/h1-2,4-5,14H,3,7,9H2. The summed E-state index contributed by atoms with van der Waals surface area (Å²) >= 11 is 0. The minimum atomic E-state index is -3.49. The van der Waals surface area contributed by atoms with Gasteiger partial charge in [0.1, 0.15) is 0 Å². The maximum absolute atomic E-state index is 11.6. The van der Waals surface area contributed by atoms with Crippen molar-refractivity contribution >= 4 is 10.0 Å². The lowest BCUT2D eigenvalue weighted by Gasteiger charge is -2.06. The van der Waals surface area contributed by atoms with Crippen molar-refractivity contribution in [3.63, 3.8) is 0 Å². The van der Waals surface area contributed by atoms with Gasteiger partial charge in [-0.1, -0.05) is 18.2 Å². The number of nitrogens with zero attached hydrogens (tertiary/aromatic N) is 2. The molecule has 0 aliphatic rings. The Balaban J connectivity index is 2.78. The fourth-order valence-electron chi connectivity index (χ4n) is 1.27. The normalized spacial score (nSPS) is 10.5. The van der Waals surface area contributed by atoms with Crippen LogP contribution in [-0.4, -0.2) is 15.0 Å². The molecular weight excluding hydrogens is 238 g/mol. The summed E-state index contributed by atoms with van der Waals surface area (Å²) in [6.07, 6.45) is 0.124. The molecule has 1 aromatic carbocycles. The second-order valence-electron chi connectivity index (χ2n) is 3.33. The van der Waals surface area contributed by atoms with Crippen molar-refractivity contribution < 1.29 is 8.42 Å². The molecule has 0 aromatic heterocycles. The summed E-state index contributed by atoms with van der Waals surface area (Å²) in [5, 5.41) is 17.1. The maximum Gasteiger partial charge on any atom is 0.215 e. The smallest absolute Gasteiger partial charge is 0.214 e. The van der Waals surface area contributed by atoms with Crippen LogP contribution in [-0.2, 0) is 15.8 Å². The van der Waals surface area contributed by atoms with Crippen LogP contribution in [0, 0.1) is 22.7 Å². The minimum absolute atomic E-state index is 0.0908. The Kier molecular flexibility index (Phi) is 4.65. The van der Waals surface area contributed by atoms with Gasteiger partial charge >= 0.3 is 0 Å². The van der Waals surface area contributed by atoms with Crippen molar-refractivity contribution in [3.8, 4) is 12.1 Å². The SMILES string of the molecule is N#CCCNS(=O)(=O)Cc1ccccc1C#N. The molecule has 0 unspecified atom stereocenters. The summed E-state index contributed by atoms with van der Waals surface area (Å²) < 4.78 is 25.5. The first kappa shape index (κ1) is 13.2. The molecule has 17 heavy (non-hydrogen) atoms.